The van der Waals surface area contributed by atoms with Gasteiger partial charge in [-0.25, -0.2) is 13.2 Å². The lowest BCUT2D eigenvalue weighted by atomic mass is 9.91. The van der Waals surface area contributed by atoms with E-state index in [1.54, 1.807) is 25.1 Å². The summed E-state index contributed by atoms with van der Waals surface area (Å²) in [5.74, 6) is -0.179. The van der Waals surface area contributed by atoms with Gasteiger partial charge >= 0.3 is 6.03 Å². The van der Waals surface area contributed by atoms with Crippen LogP contribution < -0.4 is 20.1 Å². The minimum Gasteiger partial charge on any atom is -0.454 e. The van der Waals surface area contributed by atoms with Gasteiger partial charge in [0.05, 0.1) is 4.90 Å². The molecule has 2 aromatic carbocycles. The number of hydrogen-bond donors (Lipinski definition) is 2. The number of amides is 4. The second-order valence-electron chi connectivity index (χ2n) is 7.36. The van der Waals surface area contributed by atoms with E-state index in [1.165, 1.54) is 24.3 Å². The average molecular weight is 445 g/mol. The highest BCUT2D eigenvalue weighted by Crippen LogP contribution is 2.37. The number of fused-ring (bicyclic) bond motifs is 1. The number of nitrogens with zero attached hydrogens (tertiary/aromatic N) is 1. The van der Waals surface area contributed by atoms with E-state index >= 15 is 0 Å². The molecule has 2 aliphatic heterocycles. The first-order valence-corrected chi connectivity index (χ1v) is 11.1. The number of carbonyl (C=O) groups is 3. The lowest BCUT2D eigenvalue weighted by Crippen LogP contribution is -2.42. The Morgan fingerprint density at radius 1 is 1.13 bits per heavy atom. The first-order chi connectivity index (χ1) is 14.6. The van der Waals surface area contributed by atoms with Gasteiger partial charge in [-0.2, -0.15) is 0 Å². The first kappa shape index (κ1) is 20.7. The summed E-state index contributed by atoms with van der Waals surface area (Å²) in [6, 6.07) is 9.79. The standard InChI is InChI=1S/C20H19N3O7S/c1-20(12-3-8-15-16(9-12)30-11-29-15)18(25)23(19(26)22-20)10-17(24)21-13-4-6-14(7-5-13)31(2,27)28/h3-9H,10-11H2,1-2H3,(H,21,24)(H,22,26). The molecule has 1 unspecified atom stereocenters. The number of imide groups is 1. The van der Waals surface area contributed by atoms with Crippen molar-refractivity contribution in [2.45, 2.75) is 17.4 Å². The maximum absolute atomic E-state index is 13.0. The Morgan fingerprint density at radius 2 is 1.81 bits per heavy atom. The van der Waals surface area contributed by atoms with E-state index in [4.69, 9.17) is 9.47 Å². The van der Waals surface area contributed by atoms with E-state index in [1.807, 2.05) is 0 Å². The van der Waals surface area contributed by atoms with Crippen molar-refractivity contribution in [3.63, 3.8) is 0 Å². The van der Waals surface area contributed by atoms with Crippen molar-refractivity contribution >= 4 is 33.4 Å². The first-order valence-electron chi connectivity index (χ1n) is 9.22. The Hall–Kier alpha value is -3.60. The van der Waals surface area contributed by atoms with E-state index in [9.17, 15) is 22.8 Å². The molecule has 0 saturated carbocycles. The fraction of sp³-hybridized carbons (Fsp3) is 0.250. The minimum absolute atomic E-state index is 0.0767. The molecule has 31 heavy (non-hydrogen) atoms. The normalized spacial score (nSPS) is 20.0. The van der Waals surface area contributed by atoms with Gasteiger partial charge in [0.15, 0.2) is 21.3 Å². The van der Waals surface area contributed by atoms with Crippen LogP contribution in [-0.4, -0.2) is 50.8 Å². The van der Waals surface area contributed by atoms with Gasteiger partial charge in [-0.1, -0.05) is 6.07 Å². The Bertz CT molecular complexity index is 1190. The number of carbonyl (C=O) groups excluding carboxylic acids is 3. The molecule has 10 nitrogen and oxygen atoms in total. The number of anilines is 1. The summed E-state index contributed by atoms with van der Waals surface area (Å²) in [4.78, 5) is 38.8. The summed E-state index contributed by atoms with van der Waals surface area (Å²) in [6.07, 6.45) is 1.08. The molecule has 11 heteroatoms. The van der Waals surface area contributed by atoms with Crippen LogP contribution in [0.15, 0.2) is 47.4 Å². The molecule has 0 radical (unpaired) electrons. The van der Waals surface area contributed by atoms with Gasteiger partial charge in [-0.15, -0.1) is 0 Å². The molecule has 2 aliphatic rings. The molecular weight excluding hydrogens is 426 g/mol. The topological polar surface area (TPSA) is 131 Å². The SMILES string of the molecule is CC1(c2ccc3c(c2)OCO3)NC(=O)N(CC(=O)Nc2ccc(S(C)(=O)=O)cc2)C1=O. The van der Waals surface area contributed by atoms with Crippen molar-refractivity contribution in [1.29, 1.82) is 0 Å². The van der Waals surface area contributed by atoms with E-state index in [0.29, 0.717) is 22.7 Å². The third kappa shape index (κ3) is 3.79. The zero-order valence-corrected chi connectivity index (χ0v) is 17.5. The smallest absolute Gasteiger partial charge is 0.325 e. The highest BCUT2D eigenvalue weighted by atomic mass is 32.2. The molecule has 1 atom stereocenters. The predicted octanol–water partition coefficient (Wildman–Crippen LogP) is 1.22. The van der Waals surface area contributed by atoms with E-state index in [2.05, 4.69) is 10.6 Å². The summed E-state index contributed by atoms with van der Waals surface area (Å²) >= 11 is 0. The predicted molar refractivity (Wildman–Crippen MR) is 108 cm³/mol. The third-order valence-corrected chi connectivity index (χ3v) is 6.22. The monoisotopic (exact) mass is 445 g/mol. The second kappa shape index (κ2) is 7.27. The highest BCUT2D eigenvalue weighted by molar-refractivity contribution is 7.90. The quantitative estimate of drug-likeness (QED) is 0.662. The summed E-state index contributed by atoms with van der Waals surface area (Å²) in [6.45, 7) is 1.12. The highest BCUT2D eigenvalue weighted by Gasteiger charge is 2.49. The summed E-state index contributed by atoms with van der Waals surface area (Å²) < 4.78 is 33.6. The van der Waals surface area contributed by atoms with Crippen LogP contribution in [-0.2, 0) is 25.0 Å². The maximum Gasteiger partial charge on any atom is 0.325 e. The fourth-order valence-corrected chi connectivity index (χ4v) is 4.00. The van der Waals surface area contributed by atoms with Crippen LogP contribution in [0.5, 0.6) is 11.5 Å². The Morgan fingerprint density at radius 3 is 2.48 bits per heavy atom. The van der Waals surface area contributed by atoms with Gasteiger partial charge in [0.25, 0.3) is 5.91 Å². The molecule has 2 aromatic rings. The third-order valence-electron chi connectivity index (χ3n) is 5.09. The van der Waals surface area contributed by atoms with Crippen LogP contribution in [0.4, 0.5) is 10.5 Å². The average Bonchev–Trinajstić information content (AvgIpc) is 3.26. The minimum atomic E-state index is -3.36. The van der Waals surface area contributed by atoms with Crippen molar-refractivity contribution in [1.82, 2.24) is 10.2 Å². The Labute approximate surface area is 178 Å². The molecule has 0 aromatic heterocycles. The van der Waals surface area contributed by atoms with Gasteiger partial charge in [-0.3, -0.25) is 14.5 Å². The Kier molecular flexibility index (Phi) is 4.85. The number of ether oxygens (including phenoxy) is 2. The Balaban J connectivity index is 1.47. The van der Waals surface area contributed by atoms with Crippen molar-refractivity contribution in [2.75, 3.05) is 24.9 Å². The number of urea groups is 1. The fourth-order valence-electron chi connectivity index (χ4n) is 3.37. The van der Waals surface area contributed by atoms with Crippen molar-refractivity contribution in [3.05, 3.63) is 48.0 Å². The summed E-state index contributed by atoms with van der Waals surface area (Å²) in [5, 5.41) is 5.17. The van der Waals surface area contributed by atoms with Crippen LogP contribution in [0.1, 0.15) is 12.5 Å². The van der Waals surface area contributed by atoms with E-state index in [0.717, 1.165) is 11.2 Å². The second-order valence-corrected chi connectivity index (χ2v) is 9.37. The molecule has 2 N–H and O–H groups in total. The maximum atomic E-state index is 13.0. The van der Waals surface area contributed by atoms with Gasteiger partial charge in [0.1, 0.15) is 12.1 Å². The van der Waals surface area contributed by atoms with Crippen LogP contribution in [0.25, 0.3) is 0 Å². The molecule has 0 bridgehead atoms. The molecule has 1 fully saturated rings. The number of sulfone groups is 1. The van der Waals surface area contributed by atoms with Crippen LogP contribution in [0, 0.1) is 0 Å². The molecular formula is C20H19N3O7S. The zero-order valence-electron chi connectivity index (χ0n) is 16.7. The van der Waals surface area contributed by atoms with Crippen molar-refractivity contribution < 1.29 is 32.3 Å². The molecule has 2 heterocycles. The molecule has 4 rings (SSSR count). The number of rotatable bonds is 5. The van der Waals surface area contributed by atoms with Gasteiger partial charge in [0.2, 0.25) is 12.7 Å². The largest absolute Gasteiger partial charge is 0.454 e. The summed E-state index contributed by atoms with van der Waals surface area (Å²) in [5.41, 5.74) is -0.535. The zero-order chi connectivity index (χ0) is 22.4. The van der Waals surface area contributed by atoms with Crippen molar-refractivity contribution in [2.24, 2.45) is 0 Å². The summed E-state index contributed by atoms with van der Waals surface area (Å²) in [7, 11) is -3.36. The van der Waals surface area contributed by atoms with Gasteiger partial charge in [0, 0.05) is 11.9 Å². The lowest BCUT2D eigenvalue weighted by Gasteiger charge is -2.22. The van der Waals surface area contributed by atoms with Crippen molar-refractivity contribution in [3.8, 4) is 11.5 Å². The van der Waals surface area contributed by atoms with Crippen LogP contribution in [0.3, 0.4) is 0 Å². The molecule has 1 saturated heterocycles. The lowest BCUT2D eigenvalue weighted by molar-refractivity contribution is -0.133. The van der Waals surface area contributed by atoms with Crippen LogP contribution in [0.2, 0.25) is 0 Å². The number of benzene rings is 2. The van der Waals surface area contributed by atoms with E-state index in [-0.39, 0.29) is 11.7 Å². The van der Waals surface area contributed by atoms with Gasteiger partial charge < -0.3 is 20.1 Å². The number of nitrogens with one attached hydrogen (secondary N) is 2. The van der Waals surface area contributed by atoms with Crippen LogP contribution >= 0.6 is 0 Å². The van der Waals surface area contributed by atoms with E-state index < -0.39 is 39.8 Å². The molecule has 0 aliphatic carbocycles. The molecule has 162 valence electrons. The molecule has 4 amide bonds. The number of hydrogen-bond acceptors (Lipinski definition) is 7. The van der Waals surface area contributed by atoms with Gasteiger partial charge in [-0.05, 0) is 48.9 Å². The molecule has 0 spiro atoms.